The number of nitrogens with one attached hydrogen (secondary N) is 2. The van der Waals surface area contributed by atoms with Crippen LogP contribution in [0.15, 0.2) is 18.5 Å². The number of hydrogen-bond donors (Lipinski definition) is 3. The highest BCUT2D eigenvalue weighted by Gasteiger charge is 2.48. The van der Waals surface area contributed by atoms with Gasteiger partial charge in [0, 0.05) is 36.7 Å². The zero-order valence-electron chi connectivity index (χ0n) is 19.0. The maximum Gasteiger partial charge on any atom is 0.252 e. The molecular weight excluding hydrogens is 442 g/mol. The van der Waals surface area contributed by atoms with Crippen molar-refractivity contribution in [3.8, 4) is 11.3 Å². The SMILES string of the molecule is CC1(C)Cc2ncc(-c3cc(NC(=O)[C@@H]4CCC[C@@H](NC(=O)C5(O)CC5)C4)ncc3Cl)n2C1. The standard InChI is InChI=1S/C24H30ClN5O3/c1-23(2)10-20-27-12-18(30(20)13-23)16-9-19(26-11-17(16)25)29-21(31)14-4-3-5-15(8-14)28-22(32)24(33)6-7-24/h9,11-12,14-15,33H,3-8,10,13H2,1-2H3,(H,28,32)(H,26,29,31)/t14-,15-/m1/s1. The van der Waals surface area contributed by atoms with E-state index in [1.807, 2.05) is 6.20 Å². The number of carbonyl (C=O) groups is 2. The van der Waals surface area contributed by atoms with E-state index >= 15 is 0 Å². The smallest absolute Gasteiger partial charge is 0.252 e. The molecule has 0 aromatic carbocycles. The van der Waals surface area contributed by atoms with Gasteiger partial charge in [0.05, 0.1) is 16.9 Å². The number of halogens is 1. The molecule has 0 saturated heterocycles. The number of amides is 2. The van der Waals surface area contributed by atoms with Gasteiger partial charge in [0.25, 0.3) is 5.91 Å². The Morgan fingerprint density at radius 1 is 1.21 bits per heavy atom. The van der Waals surface area contributed by atoms with Crippen molar-refractivity contribution in [2.75, 3.05) is 5.32 Å². The molecule has 3 heterocycles. The lowest BCUT2D eigenvalue weighted by Gasteiger charge is -2.29. The van der Waals surface area contributed by atoms with Crippen LogP contribution in [0.4, 0.5) is 5.82 Å². The van der Waals surface area contributed by atoms with Crippen LogP contribution >= 0.6 is 11.6 Å². The van der Waals surface area contributed by atoms with Crippen LogP contribution in [0.3, 0.4) is 0 Å². The lowest BCUT2D eigenvalue weighted by molar-refractivity contribution is -0.133. The number of aliphatic hydroxyl groups is 1. The number of pyridine rings is 1. The van der Waals surface area contributed by atoms with Crippen LogP contribution in [0.1, 0.15) is 58.2 Å². The van der Waals surface area contributed by atoms with Crippen LogP contribution in [-0.4, -0.2) is 43.1 Å². The third-order valence-electron chi connectivity index (χ3n) is 7.07. The summed E-state index contributed by atoms with van der Waals surface area (Å²) >= 11 is 6.48. The Kier molecular flexibility index (Phi) is 5.48. The van der Waals surface area contributed by atoms with Crippen LogP contribution < -0.4 is 10.6 Å². The van der Waals surface area contributed by atoms with Crippen LogP contribution in [0, 0.1) is 11.3 Å². The second-order valence-corrected chi connectivity index (χ2v) is 11.0. The summed E-state index contributed by atoms with van der Waals surface area (Å²) in [5.74, 6) is 0.845. The first-order valence-corrected chi connectivity index (χ1v) is 12.1. The summed E-state index contributed by atoms with van der Waals surface area (Å²) in [5, 5.41) is 16.4. The van der Waals surface area contributed by atoms with E-state index in [1.54, 1.807) is 12.3 Å². The molecule has 0 unspecified atom stereocenters. The number of fused-ring (bicyclic) bond motifs is 1. The third kappa shape index (κ3) is 4.51. The molecule has 8 nitrogen and oxygen atoms in total. The molecule has 2 aromatic heterocycles. The Labute approximate surface area is 198 Å². The lowest BCUT2D eigenvalue weighted by Crippen LogP contribution is -2.45. The van der Waals surface area contributed by atoms with Gasteiger partial charge in [-0.2, -0.15) is 0 Å². The van der Waals surface area contributed by atoms with Crippen molar-refractivity contribution < 1.29 is 14.7 Å². The first-order valence-electron chi connectivity index (χ1n) is 11.7. The monoisotopic (exact) mass is 471 g/mol. The van der Waals surface area contributed by atoms with Crippen molar-refractivity contribution in [2.24, 2.45) is 11.3 Å². The van der Waals surface area contributed by atoms with E-state index in [9.17, 15) is 14.7 Å². The number of hydrogen-bond acceptors (Lipinski definition) is 5. The normalized spacial score (nSPS) is 24.7. The van der Waals surface area contributed by atoms with Crippen LogP contribution in [0.2, 0.25) is 5.02 Å². The van der Waals surface area contributed by atoms with E-state index in [0.717, 1.165) is 49.3 Å². The molecule has 2 aliphatic carbocycles. The number of imidazole rings is 1. The number of nitrogens with zero attached hydrogens (tertiary/aromatic N) is 3. The molecule has 2 amide bonds. The summed E-state index contributed by atoms with van der Waals surface area (Å²) in [6.45, 7) is 5.30. The first kappa shape index (κ1) is 22.3. The molecule has 0 spiro atoms. The van der Waals surface area contributed by atoms with E-state index in [0.29, 0.717) is 30.1 Å². The van der Waals surface area contributed by atoms with Crippen molar-refractivity contribution in [3.63, 3.8) is 0 Å². The van der Waals surface area contributed by atoms with Gasteiger partial charge in [-0.25, -0.2) is 9.97 Å². The summed E-state index contributed by atoms with van der Waals surface area (Å²) in [6.07, 6.45) is 8.31. The van der Waals surface area contributed by atoms with E-state index < -0.39 is 5.60 Å². The first-order chi connectivity index (χ1) is 15.6. The summed E-state index contributed by atoms with van der Waals surface area (Å²) < 4.78 is 2.19. The zero-order valence-corrected chi connectivity index (χ0v) is 19.8. The molecule has 5 rings (SSSR count). The van der Waals surface area contributed by atoms with Gasteiger partial charge in [-0.05, 0) is 43.6 Å². The predicted octanol–water partition coefficient (Wildman–Crippen LogP) is 3.32. The Morgan fingerprint density at radius 3 is 2.76 bits per heavy atom. The van der Waals surface area contributed by atoms with E-state index in [4.69, 9.17) is 11.6 Å². The second kappa shape index (κ2) is 8.09. The van der Waals surface area contributed by atoms with Gasteiger partial charge >= 0.3 is 0 Å². The fraction of sp³-hybridized carbons (Fsp3) is 0.583. The largest absolute Gasteiger partial charge is 0.380 e. The molecule has 2 atom stereocenters. The molecule has 2 aromatic rings. The van der Waals surface area contributed by atoms with Crippen molar-refractivity contribution in [3.05, 3.63) is 29.3 Å². The highest BCUT2D eigenvalue weighted by atomic mass is 35.5. The fourth-order valence-corrected chi connectivity index (χ4v) is 5.21. The lowest BCUT2D eigenvalue weighted by atomic mass is 9.85. The van der Waals surface area contributed by atoms with Gasteiger partial charge < -0.3 is 20.3 Å². The third-order valence-corrected chi connectivity index (χ3v) is 7.37. The quantitative estimate of drug-likeness (QED) is 0.619. The molecule has 33 heavy (non-hydrogen) atoms. The van der Waals surface area contributed by atoms with E-state index in [2.05, 4.69) is 39.0 Å². The van der Waals surface area contributed by atoms with Gasteiger partial charge in [0.15, 0.2) is 0 Å². The molecule has 3 N–H and O–H groups in total. The molecule has 2 fully saturated rings. The molecule has 3 aliphatic rings. The zero-order chi connectivity index (χ0) is 23.4. The van der Waals surface area contributed by atoms with Gasteiger partial charge in [-0.15, -0.1) is 0 Å². The van der Waals surface area contributed by atoms with Gasteiger partial charge in [0.2, 0.25) is 5.91 Å². The van der Waals surface area contributed by atoms with Gasteiger partial charge in [0.1, 0.15) is 17.2 Å². The minimum absolute atomic E-state index is 0.0990. The number of rotatable bonds is 5. The molecule has 0 radical (unpaired) electrons. The van der Waals surface area contributed by atoms with Crippen molar-refractivity contribution in [2.45, 2.75) is 77.0 Å². The number of carbonyl (C=O) groups excluding carboxylic acids is 2. The Hall–Kier alpha value is -2.45. The highest BCUT2D eigenvalue weighted by molar-refractivity contribution is 6.33. The van der Waals surface area contributed by atoms with Crippen molar-refractivity contribution >= 4 is 29.2 Å². The summed E-state index contributed by atoms with van der Waals surface area (Å²) in [4.78, 5) is 34.1. The van der Waals surface area contributed by atoms with E-state index in [1.165, 1.54) is 0 Å². The number of anilines is 1. The molecule has 0 bridgehead atoms. The molecule has 176 valence electrons. The molecule has 2 saturated carbocycles. The minimum atomic E-state index is -1.19. The Morgan fingerprint density at radius 2 is 2.00 bits per heavy atom. The summed E-state index contributed by atoms with van der Waals surface area (Å²) in [6, 6.07) is 1.71. The Bertz CT molecular complexity index is 1110. The summed E-state index contributed by atoms with van der Waals surface area (Å²) in [5.41, 5.74) is 0.681. The number of aromatic nitrogens is 3. The van der Waals surface area contributed by atoms with Crippen LogP contribution in [0.5, 0.6) is 0 Å². The van der Waals surface area contributed by atoms with Crippen LogP contribution in [0.25, 0.3) is 11.3 Å². The minimum Gasteiger partial charge on any atom is -0.380 e. The van der Waals surface area contributed by atoms with Gasteiger partial charge in [-0.3, -0.25) is 9.59 Å². The molecular formula is C24H30ClN5O3. The van der Waals surface area contributed by atoms with E-state index in [-0.39, 0.29) is 29.2 Å². The van der Waals surface area contributed by atoms with Gasteiger partial charge in [-0.1, -0.05) is 31.9 Å². The van der Waals surface area contributed by atoms with Crippen molar-refractivity contribution in [1.29, 1.82) is 0 Å². The maximum absolute atomic E-state index is 13.0. The topological polar surface area (TPSA) is 109 Å². The Balaban J connectivity index is 1.27. The average molecular weight is 472 g/mol. The highest BCUT2D eigenvalue weighted by Crippen LogP contribution is 2.38. The maximum atomic E-state index is 13.0. The molecule has 1 aliphatic heterocycles. The average Bonchev–Trinajstić information content (AvgIpc) is 3.30. The predicted molar refractivity (Wildman–Crippen MR) is 125 cm³/mol. The van der Waals surface area contributed by atoms with Crippen LogP contribution in [-0.2, 0) is 22.6 Å². The summed E-state index contributed by atoms with van der Waals surface area (Å²) in [7, 11) is 0. The van der Waals surface area contributed by atoms with Crippen molar-refractivity contribution in [1.82, 2.24) is 19.9 Å². The fourth-order valence-electron chi connectivity index (χ4n) is 5.01. The molecule has 9 heteroatoms. The second-order valence-electron chi connectivity index (χ2n) is 10.6.